The van der Waals surface area contributed by atoms with E-state index in [2.05, 4.69) is 10.3 Å². The number of fused-ring (bicyclic) bond motifs is 2. The van der Waals surface area contributed by atoms with Crippen LogP contribution in [0.1, 0.15) is 28.3 Å². The summed E-state index contributed by atoms with van der Waals surface area (Å²) in [5.41, 5.74) is 1.46. The van der Waals surface area contributed by atoms with Crippen molar-refractivity contribution in [2.45, 2.75) is 12.3 Å². The van der Waals surface area contributed by atoms with Gasteiger partial charge in [0.2, 0.25) is 0 Å². The number of carboxylic acid groups (broad SMARTS) is 1. The molecule has 0 fully saturated rings. The number of ether oxygens (including phenoxy) is 2. The summed E-state index contributed by atoms with van der Waals surface area (Å²) in [6, 6.07) is 17.0. The summed E-state index contributed by atoms with van der Waals surface area (Å²) in [6.07, 6.45) is 0.371. The van der Waals surface area contributed by atoms with Gasteiger partial charge in [0, 0.05) is 22.6 Å². The fourth-order valence-corrected chi connectivity index (χ4v) is 4.09. The predicted molar refractivity (Wildman–Crippen MR) is 128 cm³/mol. The molecule has 2 heterocycles. The zero-order valence-corrected chi connectivity index (χ0v) is 18.9. The van der Waals surface area contributed by atoms with Gasteiger partial charge in [0.15, 0.2) is 0 Å². The van der Waals surface area contributed by atoms with Crippen molar-refractivity contribution >= 4 is 40.2 Å². The Kier molecular flexibility index (Phi) is 5.96. The predicted octanol–water partition coefficient (Wildman–Crippen LogP) is 6.02. The van der Waals surface area contributed by atoms with Crippen LogP contribution in [0.15, 0.2) is 66.7 Å². The van der Waals surface area contributed by atoms with Crippen molar-refractivity contribution in [3.63, 3.8) is 0 Å². The first-order valence-corrected chi connectivity index (χ1v) is 11.1. The Balaban J connectivity index is 1.30. The number of aliphatic carboxylic acids is 1. The highest BCUT2D eigenvalue weighted by Crippen LogP contribution is 2.41. The fourth-order valence-electron chi connectivity index (χ4n) is 3.88. The summed E-state index contributed by atoms with van der Waals surface area (Å²) in [5, 5.41) is 13.0. The van der Waals surface area contributed by atoms with Crippen molar-refractivity contribution < 1.29 is 28.6 Å². The number of amides is 1. The maximum Gasteiger partial charge on any atom is 0.311 e. The second-order valence-corrected chi connectivity index (χ2v) is 8.37. The van der Waals surface area contributed by atoms with E-state index < -0.39 is 11.9 Å². The summed E-state index contributed by atoms with van der Waals surface area (Å²) >= 11 is 6.34. The summed E-state index contributed by atoms with van der Waals surface area (Å²) in [6.45, 7) is 0.289. The molecule has 5 rings (SSSR count). The smallest absolute Gasteiger partial charge is 0.311 e. The number of anilines is 1. The van der Waals surface area contributed by atoms with Gasteiger partial charge in [-0.1, -0.05) is 11.6 Å². The Morgan fingerprint density at radius 2 is 1.89 bits per heavy atom. The first-order chi connectivity index (χ1) is 16.9. The third kappa shape index (κ3) is 4.74. The molecule has 0 radical (unpaired) electrons. The molecule has 9 heteroatoms. The lowest BCUT2D eigenvalue weighted by molar-refractivity contribution is -0.139. The molecule has 1 aliphatic heterocycles. The van der Waals surface area contributed by atoms with Crippen molar-refractivity contribution in [3.8, 4) is 17.2 Å². The number of halogens is 2. The van der Waals surface area contributed by atoms with Crippen molar-refractivity contribution in [3.05, 3.63) is 88.7 Å². The molecular weight excluding hydrogens is 475 g/mol. The maximum absolute atomic E-state index is 13.3. The molecule has 1 atom stereocenters. The van der Waals surface area contributed by atoms with E-state index in [1.165, 1.54) is 12.1 Å². The third-order valence-corrected chi connectivity index (χ3v) is 5.93. The van der Waals surface area contributed by atoms with E-state index in [4.69, 9.17) is 21.1 Å². The fraction of sp³-hybridized carbons (Fsp3) is 0.115. The van der Waals surface area contributed by atoms with Crippen LogP contribution in [0.4, 0.5) is 10.2 Å². The summed E-state index contributed by atoms with van der Waals surface area (Å²) in [4.78, 5) is 28.5. The van der Waals surface area contributed by atoms with E-state index in [9.17, 15) is 19.1 Å². The van der Waals surface area contributed by atoms with Crippen molar-refractivity contribution in [1.82, 2.24) is 4.98 Å². The molecule has 0 aliphatic carbocycles. The minimum Gasteiger partial charge on any atom is -0.493 e. The lowest BCUT2D eigenvalue weighted by atomic mass is 9.93. The molecule has 2 N–H and O–H groups in total. The topological polar surface area (TPSA) is 97.8 Å². The minimum atomic E-state index is -0.930. The Bertz CT molecular complexity index is 1460. The van der Waals surface area contributed by atoms with Crippen LogP contribution in [0, 0.1) is 5.82 Å². The number of rotatable bonds is 5. The number of nitrogens with one attached hydrogen (secondary N) is 1. The molecule has 0 bridgehead atoms. The van der Waals surface area contributed by atoms with Gasteiger partial charge < -0.3 is 19.9 Å². The summed E-state index contributed by atoms with van der Waals surface area (Å²) in [5.74, 6) is -0.829. The molecule has 4 aromatic rings. The molecule has 1 unspecified atom stereocenters. The van der Waals surface area contributed by atoms with Gasteiger partial charge in [-0.15, -0.1) is 0 Å². The maximum atomic E-state index is 13.3. The summed E-state index contributed by atoms with van der Waals surface area (Å²) in [7, 11) is 0. The average molecular weight is 493 g/mol. The van der Waals surface area contributed by atoms with Crippen LogP contribution in [0.3, 0.4) is 0 Å². The molecule has 0 saturated carbocycles. The van der Waals surface area contributed by atoms with Crippen LogP contribution in [0.5, 0.6) is 17.2 Å². The quantitative estimate of drug-likeness (QED) is 0.353. The number of hydrogen-bond donors (Lipinski definition) is 2. The van der Waals surface area contributed by atoms with Gasteiger partial charge in [-0.05, 0) is 67.1 Å². The number of carboxylic acids is 1. The van der Waals surface area contributed by atoms with Crippen molar-refractivity contribution in [2.75, 3.05) is 11.9 Å². The highest BCUT2D eigenvalue weighted by atomic mass is 35.5. The lowest BCUT2D eigenvalue weighted by Gasteiger charge is -2.24. The van der Waals surface area contributed by atoms with Gasteiger partial charge in [-0.2, -0.15) is 0 Å². The van der Waals surface area contributed by atoms with Gasteiger partial charge in [0.25, 0.3) is 5.91 Å². The van der Waals surface area contributed by atoms with E-state index in [0.717, 1.165) is 0 Å². The summed E-state index contributed by atoms with van der Waals surface area (Å²) < 4.78 is 24.8. The number of hydrogen-bond acceptors (Lipinski definition) is 5. The van der Waals surface area contributed by atoms with Crippen LogP contribution < -0.4 is 14.8 Å². The SMILES string of the molecule is O=C(Nc1ccc2cc(F)ccc2n1)c1ccc(Oc2cc3c(cc2Cl)C(C(=O)O)CCO3)cc1. The number of aromatic nitrogens is 1. The van der Waals surface area contributed by atoms with E-state index in [1.54, 1.807) is 54.6 Å². The van der Waals surface area contributed by atoms with E-state index in [0.29, 0.717) is 51.5 Å². The van der Waals surface area contributed by atoms with Gasteiger partial charge in [-0.3, -0.25) is 9.59 Å². The third-order valence-electron chi connectivity index (χ3n) is 5.64. The molecule has 3 aromatic carbocycles. The molecule has 35 heavy (non-hydrogen) atoms. The van der Waals surface area contributed by atoms with Crippen LogP contribution in [0.2, 0.25) is 5.02 Å². The molecule has 0 spiro atoms. The highest BCUT2D eigenvalue weighted by Gasteiger charge is 2.29. The van der Waals surface area contributed by atoms with Crippen LogP contribution in [-0.4, -0.2) is 28.6 Å². The molecule has 1 aromatic heterocycles. The number of nitrogens with zero attached hydrogens (tertiary/aromatic N) is 1. The van der Waals surface area contributed by atoms with Gasteiger partial charge in [-0.25, -0.2) is 9.37 Å². The zero-order chi connectivity index (χ0) is 24.5. The first-order valence-electron chi connectivity index (χ1n) is 10.7. The Labute approximate surface area is 204 Å². The monoisotopic (exact) mass is 492 g/mol. The number of pyridine rings is 1. The van der Waals surface area contributed by atoms with Gasteiger partial charge in [0.1, 0.15) is 28.9 Å². The molecule has 176 valence electrons. The van der Waals surface area contributed by atoms with Crippen LogP contribution in [0.25, 0.3) is 10.9 Å². The minimum absolute atomic E-state index is 0.254. The first kappa shape index (κ1) is 22.6. The molecule has 0 saturated heterocycles. The number of benzene rings is 3. The van der Waals surface area contributed by atoms with E-state index >= 15 is 0 Å². The number of carbonyl (C=O) groups is 2. The highest BCUT2D eigenvalue weighted by molar-refractivity contribution is 6.32. The van der Waals surface area contributed by atoms with Crippen LogP contribution >= 0.6 is 11.6 Å². The standard InChI is InChI=1S/C26H18ClFN2O5/c27-20-12-19-18(26(32)33)9-10-34-22(19)13-23(20)35-17-5-1-14(2-6-17)25(31)30-24-8-3-15-11-16(28)4-7-21(15)29-24/h1-8,11-13,18H,9-10H2,(H,32,33)(H,29,30,31). The molecule has 1 aliphatic rings. The molecular formula is C26H18ClFN2O5. The van der Waals surface area contributed by atoms with Gasteiger partial charge >= 0.3 is 5.97 Å². The second-order valence-electron chi connectivity index (χ2n) is 7.96. The Morgan fingerprint density at radius 1 is 1.09 bits per heavy atom. The molecule has 7 nitrogen and oxygen atoms in total. The zero-order valence-electron chi connectivity index (χ0n) is 18.1. The average Bonchev–Trinajstić information content (AvgIpc) is 2.84. The lowest BCUT2D eigenvalue weighted by Crippen LogP contribution is -2.20. The van der Waals surface area contributed by atoms with E-state index in [1.807, 2.05) is 0 Å². The largest absolute Gasteiger partial charge is 0.493 e. The van der Waals surface area contributed by atoms with E-state index in [-0.39, 0.29) is 23.4 Å². The number of carbonyl (C=O) groups excluding carboxylic acids is 1. The normalized spacial score (nSPS) is 14.6. The van der Waals surface area contributed by atoms with Crippen LogP contribution in [-0.2, 0) is 4.79 Å². The van der Waals surface area contributed by atoms with Gasteiger partial charge in [0.05, 0.1) is 23.1 Å². The Hall–Kier alpha value is -4.17. The van der Waals surface area contributed by atoms with Crippen molar-refractivity contribution in [1.29, 1.82) is 0 Å². The van der Waals surface area contributed by atoms with Crippen molar-refractivity contribution in [2.24, 2.45) is 0 Å². The Morgan fingerprint density at radius 3 is 2.66 bits per heavy atom. The second kappa shape index (κ2) is 9.23. The molecule has 1 amide bonds.